The molecule has 1 aliphatic carbocycles. The molecule has 0 bridgehead atoms. The van der Waals surface area contributed by atoms with Gasteiger partial charge in [-0.1, -0.05) is 12.8 Å². The Hall–Kier alpha value is -1.92. The zero-order valence-corrected chi connectivity index (χ0v) is 15.4. The van der Waals surface area contributed by atoms with Gasteiger partial charge in [0.2, 0.25) is 0 Å². The lowest BCUT2D eigenvalue weighted by Gasteiger charge is -2.08. The van der Waals surface area contributed by atoms with E-state index in [9.17, 15) is 9.59 Å². The van der Waals surface area contributed by atoms with Crippen molar-refractivity contribution >= 4 is 22.9 Å². The number of aryl methyl sites for hydroxylation is 2. The molecule has 0 aromatic carbocycles. The van der Waals surface area contributed by atoms with Crippen LogP contribution < -0.4 is 10.9 Å². The summed E-state index contributed by atoms with van der Waals surface area (Å²) in [6.45, 7) is 0.918. The third-order valence-electron chi connectivity index (χ3n) is 4.50. The molecule has 3 rings (SSSR count). The highest BCUT2D eigenvalue weighted by Crippen LogP contribution is 2.29. The number of ether oxygens (including phenoxy) is 1. The fraction of sp³-hybridized carbons (Fsp3) is 0.474. The lowest BCUT2D eigenvalue weighted by Crippen LogP contribution is -2.22. The zero-order valence-electron chi connectivity index (χ0n) is 14.5. The minimum absolute atomic E-state index is 0.103. The molecule has 2 heterocycles. The number of rotatable bonds is 5. The van der Waals surface area contributed by atoms with Crippen LogP contribution in [0.25, 0.3) is 0 Å². The molecule has 0 aliphatic heterocycles. The predicted molar refractivity (Wildman–Crippen MR) is 101 cm³/mol. The van der Waals surface area contributed by atoms with Crippen LogP contribution >= 0.6 is 11.3 Å². The first-order valence-corrected chi connectivity index (χ1v) is 9.61. The largest absolute Gasteiger partial charge is 0.383 e. The van der Waals surface area contributed by atoms with Gasteiger partial charge < -0.3 is 14.6 Å². The fourth-order valence-corrected chi connectivity index (χ4v) is 4.27. The smallest absolute Gasteiger partial charge is 0.265 e. The maximum atomic E-state index is 12.6. The van der Waals surface area contributed by atoms with Gasteiger partial charge >= 0.3 is 0 Å². The van der Waals surface area contributed by atoms with Gasteiger partial charge in [-0.3, -0.25) is 9.59 Å². The number of thiophene rings is 1. The number of nitrogens with zero attached hydrogens (tertiary/aromatic N) is 1. The van der Waals surface area contributed by atoms with E-state index in [4.69, 9.17) is 4.74 Å². The van der Waals surface area contributed by atoms with E-state index in [1.807, 2.05) is 6.07 Å². The predicted octanol–water partition coefficient (Wildman–Crippen LogP) is 3.47. The van der Waals surface area contributed by atoms with Crippen LogP contribution in [0.1, 0.15) is 45.8 Å². The number of methoxy groups -OCH3 is 1. The van der Waals surface area contributed by atoms with Crippen molar-refractivity contribution < 1.29 is 9.53 Å². The Morgan fingerprint density at radius 1 is 1.24 bits per heavy atom. The summed E-state index contributed by atoms with van der Waals surface area (Å²) in [6.07, 6.45) is 8.79. The van der Waals surface area contributed by atoms with Gasteiger partial charge in [0.05, 0.1) is 17.2 Å². The SMILES string of the molecule is COCCn1cc(NC(=O)c2cc3c(s2)CCCCCC3)ccc1=O. The van der Waals surface area contributed by atoms with Gasteiger partial charge in [0.15, 0.2) is 0 Å². The third kappa shape index (κ3) is 4.58. The topological polar surface area (TPSA) is 60.3 Å². The van der Waals surface area contributed by atoms with E-state index in [1.165, 1.54) is 42.2 Å². The molecule has 0 saturated heterocycles. The summed E-state index contributed by atoms with van der Waals surface area (Å²) in [7, 11) is 1.60. The van der Waals surface area contributed by atoms with Gasteiger partial charge in [-0.2, -0.15) is 0 Å². The van der Waals surface area contributed by atoms with Crippen molar-refractivity contribution in [2.45, 2.75) is 45.1 Å². The number of aromatic nitrogens is 1. The Morgan fingerprint density at radius 2 is 2.04 bits per heavy atom. The van der Waals surface area contributed by atoms with Crippen LogP contribution in [0, 0.1) is 0 Å². The quantitative estimate of drug-likeness (QED) is 0.888. The van der Waals surface area contributed by atoms with Crippen molar-refractivity contribution in [3.63, 3.8) is 0 Å². The van der Waals surface area contributed by atoms with Crippen LogP contribution in [0.5, 0.6) is 0 Å². The highest BCUT2D eigenvalue weighted by Gasteiger charge is 2.16. The lowest BCUT2D eigenvalue weighted by molar-refractivity contribution is 0.103. The molecule has 0 radical (unpaired) electrons. The fourth-order valence-electron chi connectivity index (χ4n) is 3.12. The molecule has 1 aliphatic rings. The van der Waals surface area contributed by atoms with E-state index in [0.29, 0.717) is 18.8 Å². The average molecular weight is 360 g/mol. The Morgan fingerprint density at radius 3 is 2.84 bits per heavy atom. The van der Waals surface area contributed by atoms with E-state index >= 15 is 0 Å². The monoisotopic (exact) mass is 360 g/mol. The van der Waals surface area contributed by atoms with Gasteiger partial charge in [-0.15, -0.1) is 11.3 Å². The summed E-state index contributed by atoms with van der Waals surface area (Å²) in [4.78, 5) is 26.5. The third-order valence-corrected chi connectivity index (χ3v) is 5.73. The first-order chi connectivity index (χ1) is 12.2. The van der Waals surface area contributed by atoms with E-state index in [1.54, 1.807) is 35.3 Å². The van der Waals surface area contributed by atoms with Crippen molar-refractivity contribution in [1.82, 2.24) is 4.57 Å². The summed E-state index contributed by atoms with van der Waals surface area (Å²) in [6, 6.07) is 5.16. The molecule has 1 amide bonds. The number of nitrogens with one attached hydrogen (secondary N) is 1. The Bertz CT molecular complexity index is 769. The van der Waals surface area contributed by atoms with Crippen LogP contribution in [0.2, 0.25) is 0 Å². The second-order valence-corrected chi connectivity index (χ2v) is 7.51. The molecule has 6 heteroatoms. The highest BCUT2D eigenvalue weighted by molar-refractivity contribution is 7.14. The summed E-state index contributed by atoms with van der Waals surface area (Å²) in [5.41, 5.74) is 1.86. The van der Waals surface area contributed by atoms with Gasteiger partial charge in [0.25, 0.3) is 11.5 Å². The van der Waals surface area contributed by atoms with Crippen LogP contribution in [0.15, 0.2) is 29.2 Å². The second-order valence-electron chi connectivity index (χ2n) is 6.37. The van der Waals surface area contributed by atoms with Gasteiger partial charge in [-0.05, 0) is 43.4 Å². The number of carbonyl (C=O) groups excluding carboxylic acids is 1. The summed E-state index contributed by atoms with van der Waals surface area (Å²) in [5.74, 6) is -0.103. The first kappa shape index (κ1) is 17.9. The molecule has 134 valence electrons. The number of fused-ring (bicyclic) bond motifs is 1. The molecule has 1 N–H and O–H groups in total. The normalized spacial score (nSPS) is 14.4. The molecule has 0 fully saturated rings. The number of hydrogen-bond donors (Lipinski definition) is 1. The van der Waals surface area contributed by atoms with E-state index < -0.39 is 0 Å². The van der Waals surface area contributed by atoms with Crippen LogP contribution in [0.4, 0.5) is 5.69 Å². The van der Waals surface area contributed by atoms with Gasteiger partial charge in [-0.25, -0.2) is 0 Å². The minimum Gasteiger partial charge on any atom is -0.383 e. The molecular weight excluding hydrogens is 336 g/mol. The molecular formula is C19H24N2O3S. The van der Waals surface area contributed by atoms with Gasteiger partial charge in [0, 0.05) is 30.8 Å². The lowest BCUT2D eigenvalue weighted by atomic mass is 10.00. The number of pyridine rings is 1. The number of hydrogen-bond acceptors (Lipinski definition) is 4. The van der Waals surface area contributed by atoms with Crippen molar-refractivity contribution in [2.75, 3.05) is 19.0 Å². The van der Waals surface area contributed by atoms with Crippen molar-refractivity contribution in [2.24, 2.45) is 0 Å². The van der Waals surface area contributed by atoms with E-state index in [0.717, 1.165) is 17.7 Å². The highest BCUT2D eigenvalue weighted by atomic mass is 32.1. The molecule has 0 saturated carbocycles. The standard InChI is InChI=1S/C19H24N2O3S/c1-24-11-10-21-13-15(8-9-18(21)22)20-19(23)17-12-14-6-4-2-3-5-7-16(14)25-17/h8-9,12-13H,2-7,10-11H2,1H3,(H,20,23). The van der Waals surface area contributed by atoms with Crippen LogP contribution in [-0.4, -0.2) is 24.2 Å². The van der Waals surface area contributed by atoms with Crippen molar-refractivity contribution in [3.05, 3.63) is 50.1 Å². The Balaban J connectivity index is 1.74. The zero-order chi connectivity index (χ0) is 17.6. The van der Waals surface area contributed by atoms with Crippen molar-refractivity contribution in [1.29, 1.82) is 0 Å². The average Bonchev–Trinajstić information content (AvgIpc) is 2.97. The molecule has 2 aromatic heterocycles. The van der Waals surface area contributed by atoms with E-state index in [2.05, 4.69) is 5.32 Å². The second kappa shape index (κ2) is 8.45. The van der Waals surface area contributed by atoms with E-state index in [-0.39, 0.29) is 11.5 Å². The van der Waals surface area contributed by atoms with Crippen molar-refractivity contribution in [3.8, 4) is 0 Å². The maximum Gasteiger partial charge on any atom is 0.265 e. The molecule has 5 nitrogen and oxygen atoms in total. The molecule has 25 heavy (non-hydrogen) atoms. The van der Waals surface area contributed by atoms with Crippen LogP contribution in [-0.2, 0) is 24.1 Å². The molecule has 0 atom stereocenters. The molecule has 2 aromatic rings. The first-order valence-electron chi connectivity index (χ1n) is 8.80. The summed E-state index contributed by atoms with van der Waals surface area (Å²) < 4.78 is 6.56. The number of anilines is 1. The Kier molecular flexibility index (Phi) is 6.04. The summed E-state index contributed by atoms with van der Waals surface area (Å²) >= 11 is 1.61. The summed E-state index contributed by atoms with van der Waals surface area (Å²) in [5, 5.41) is 2.91. The molecule has 0 spiro atoms. The Labute approximate surface area is 151 Å². The minimum atomic E-state index is -0.103. The number of carbonyl (C=O) groups is 1. The van der Waals surface area contributed by atoms with Crippen LogP contribution in [0.3, 0.4) is 0 Å². The van der Waals surface area contributed by atoms with Gasteiger partial charge in [0.1, 0.15) is 0 Å². The maximum absolute atomic E-state index is 12.6. The molecule has 0 unspecified atom stereocenters. The number of amides is 1.